The predicted molar refractivity (Wildman–Crippen MR) is 99.9 cm³/mol. The maximum atomic E-state index is 12.0. The van der Waals surface area contributed by atoms with Crippen molar-refractivity contribution in [2.24, 2.45) is 11.7 Å². The number of thiazole rings is 1. The molecule has 0 aliphatic heterocycles. The Balaban J connectivity index is 0.00000264. The summed E-state index contributed by atoms with van der Waals surface area (Å²) in [5.74, 6) is 0.0136. The maximum absolute atomic E-state index is 12.0. The SMILES string of the molecule is CCC(C)C(N)C(=O)Nc1ccc(Nc2nc(C)cs2)cc1.Cl. The quantitative estimate of drug-likeness (QED) is 0.734. The molecule has 5 nitrogen and oxygen atoms in total. The van der Waals surface area contributed by atoms with Crippen molar-refractivity contribution in [1.29, 1.82) is 0 Å². The summed E-state index contributed by atoms with van der Waals surface area (Å²) >= 11 is 1.56. The van der Waals surface area contributed by atoms with Gasteiger partial charge < -0.3 is 16.4 Å². The summed E-state index contributed by atoms with van der Waals surface area (Å²) in [4.78, 5) is 16.4. The first-order valence-electron chi connectivity index (χ1n) is 7.35. The minimum Gasteiger partial charge on any atom is -0.332 e. The molecule has 2 aromatic rings. The topological polar surface area (TPSA) is 80.0 Å². The zero-order valence-corrected chi connectivity index (χ0v) is 15.1. The van der Waals surface area contributed by atoms with E-state index in [1.54, 1.807) is 11.3 Å². The van der Waals surface area contributed by atoms with E-state index in [9.17, 15) is 4.79 Å². The zero-order chi connectivity index (χ0) is 16.1. The second kappa shape index (κ2) is 8.86. The third-order valence-electron chi connectivity index (χ3n) is 3.58. The van der Waals surface area contributed by atoms with Gasteiger partial charge in [-0.2, -0.15) is 0 Å². The average Bonchev–Trinajstić information content (AvgIpc) is 2.92. The van der Waals surface area contributed by atoms with E-state index < -0.39 is 6.04 Å². The van der Waals surface area contributed by atoms with E-state index in [1.165, 1.54) is 0 Å². The smallest absolute Gasteiger partial charge is 0.241 e. The number of nitrogens with one attached hydrogen (secondary N) is 2. The molecular formula is C16H23ClN4OS. The van der Waals surface area contributed by atoms with Crippen LogP contribution in [0.25, 0.3) is 0 Å². The number of carbonyl (C=O) groups excluding carboxylic acids is 1. The summed E-state index contributed by atoms with van der Waals surface area (Å²) in [6, 6.07) is 7.03. The molecule has 0 saturated heterocycles. The second-order valence-corrected chi connectivity index (χ2v) is 6.26. The minimum absolute atomic E-state index is 0. The fourth-order valence-corrected chi connectivity index (χ4v) is 2.62. The number of hydrogen-bond donors (Lipinski definition) is 3. The zero-order valence-electron chi connectivity index (χ0n) is 13.5. The van der Waals surface area contributed by atoms with E-state index in [-0.39, 0.29) is 24.2 Å². The van der Waals surface area contributed by atoms with E-state index in [0.717, 1.165) is 28.6 Å². The molecule has 0 bridgehead atoms. The number of halogens is 1. The Morgan fingerprint density at radius 3 is 2.43 bits per heavy atom. The molecule has 0 aliphatic carbocycles. The van der Waals surface area contributed by atoms with Gasteiger partial charge in [-0.15, -0.1) is 23.7 Å². The van der Waals surface area contributed by atoms with Crippen molar-refractivity contribution in [2.75, 3.05) is 10.6 Å². The highest BCUT2D eigenvalue weighted by Crippen LogP contribution is 2.22. The highest BCUT2D eigenvalue weighted by Gasteiger charge is 2.19. The summed E-state index contributed by atoms with van der Waals surface area (Å²) in [5, 5.41) is 8.92. The average molecular weight is 355 g/mol. The number of hydrogen-bond acceptors (Lipinski definition) is 5. The molecule has 1 aromatic heterocycles. The number of aryl methyl sites for hydroxylation is 1. The van der Waals surface area contributed by atoms with Crippen LogP contribution >= 0.6 is 23.7 Å². The second-order valence-electron chi connectivity index (χ2n) is 5.40. The molecule has 1 amide bonds. The lowest BCUT2D eigenvalue weighted by Gasteiger charge is -2.17. The highest BCUT2D eigenvalue weighted by atomic mass is 35.5. The van der Waals surface area contributed by atoms with Gasteiger partial charge in [0.05, 0.1) is 11.7 Å². The molecule has 0 aliphatic rings. The summed E-state index contributed by atoms with van der Waals surface area (Å²) in [5.41, 5.74) is 8.59. The van der Waals surface area contributed by atoms with Crippen molar-refractivity contribution in [3.8, 4) is 0 Å². The van der Waals surface area contributed by atoms with Gasteiger partial charge >= 0.3 is 0 Å². The van der Waals surface area contributed by atoms with Crippen LogP contribution in [0.15, 0.2) is 29.6 Å². The van der Waals surface area contributed by atoms with Crippen LogP contribution in [0.3, 0.4) is 0 Å². The molecule has 2 rings (SSSR count). The lowest BCUT2D eigenvalue weighted by molar-refractivity contribution is -0.118. The molecule has 0 spiro atoms. The molecule has 23 heavy (non-hydrogen) atoms. The van der Waals surface area contributed by atoms with E-state index in [0.29, 0.717) is 0 Å². The molecule has 2 atom stereocenters. The van der Waals surface area contributed by atoms with Gasteiger partial charge in [0.2, 0.25) is 5.91 Å². The van der Waals surface area contributed by atoms with Gasteiger partial charge in [-0.3, -0.25) is 4.79 Å². The van der Waals surface area contributed by atoms with Crippen molar-refractivity contribution in [3.63, 3.8) is 0 Å². The fraction of sp³-hybridized carbons (Fsp3) is 0.375. The van der Waals surface area contributed by atoms with Crippen LogP contribution in [-0.4, -0.2) is 16.9 Å². The third kappa shape index (κ3) is 5.49. The van der Waals surface area contributed by atoms with Crippen molar-refractivity contribution in [3.05, 3.63) is 35.3 Å². The van der Waals surface area contributed by atoms with Gasteiger partial charge in [-0.05, 0) is 37.1 Å². The summed E-state index contributed by atoms with van der Waals surface area (Å²) in [7, 11) is 0. The molecule has 126 valence electrons. The molecule has 0 saturated carbocycles. The molecule has 7 heteroatoms. The van der Waals surface area contributed by atoms with Crippen LogP contribution in [0.4, 0.5) is 16.5 Å². The predicted octanol–water partition coefficient (Wildman–Crippen LogP) is 3.93. The summed E-state index contributed by atoms with van der Waals surface area (Å²) < 4.78 is 0. The van der Waals surface area contributed by atoms with E-state index >= 15 is 0 Å². The molecular weight excluding hydrogens is 332 g/mol. The Morgan fingerprint density at radius 1 is 1.30 bits per heavy atom. The molecule has 4 N–H and O–H groups in total. The molecule has 0 radical (unpaired) electrons. The minimum atomic E-state index is -0.485. The third-order valence-corrected chi connectivity index (χ3v) is 4.46. The highest BCUT2D eigenvalue weighted by molar-refractivity contribution is 7.13. The number of aromatic nitrogens is 1. The molecule has 2 unspecified atom stereocenters. The standard InChI is InChI=1S/C16H22N4OS.ClH/c1-4-10(2)14(17)15(21)19-12-5-7-13(8-6-12)20-16-18-11(3)9-22-16;/h5-10,14H,4,17H2,1-3H3,(H,18,20)(H,19,21);1H. The van der Waals surface area contributed by atoms with Gasteiger partial charge in [0.25, 0.3) is 0 Å². The van der Waals surface area contributed by atoms with Gasteiger partial charge in [0.15, 0.2) is 5.13 Å². The van der Waals surface area contributed by atoms with Gasteiger partial charge in [-0.25, -0.2) is 4.98 Å². The Kier molecular flexibility index (Phi) is 7.48. The number of anilines is 3. The number of rotatable bonds is 6. The summed E-state index contributed by atoms with van der Waals surface area (Å²) in [6.07, 6.45) is 0.880. The lowest BCUT2D eigenvalue weighted by Crippen LogP contribution is -2.40. The van der Waals surface area contributed by atoms with Crippen molar-refractivity contribution in [2.45, 2.75) is 33.2 Å². The number of benzene rings is 1. The Bertz CT molecular complexity index is 629. The Morgan fingerprint density at radius 2 is 1.91 bits per heavy atom. The monoisotopic (exact) mass is 354 g/mol. The fourth-order valence-electron chi connectivity index (χ4n) is 1.91. The first-order valence-corrected chi connectivity index (χ1v) is 8.23. The van der Waals surface area contributed by atoms with Crippen LogP contribution in [0, 0.1) is 12.8 Å². The van der Waals surface area contributed by atoms with Crippen LogP contribution in [0.1, 0.15) is 26.0 Å². The normalized spacial score (nSPS) is 12.9. The van der Waals surface area contributed by atoms with E-state index in [4.69, 9.17) is 5.73 Å². The van der Waals surface area contributed by atoms with Gasteiger partial charge in [-0.1, -0.05) is 20.3 Å². The van der Waals surface area contributed by atoms with Crippen LogP contribution < -0.4 is 16.4 Å². The largest absolute Gasteiger partial charge is 0.332 e. The first-order chi connectivity index (χ1) is 10.5. The molecule has 1 heterocycles. The van der Waals surface area contributed by atoms with Gasteiger partial charge in [0, 0.05) is 16.8 Å². The van der Waals surface area contributed by atoms with Gasteiger partial charge in [0.1, 0.15) is 0 Å². The Hall–Kier alpha value is -1.63. The lowest BCUT2D eigenvalue weighted by atomic mass is 9.99. The summed E-state index contributed by atoms with van der Waals surface area (Å²) in [6.45, 7) is 5.96. The number of carbonyl (C=O) groups is 1. The van der Waals surface area contributed by atoms with Crippen LogP contribution in [0.2, 0.25) is 0 Å². The first kappa shape index (κ1) is 19.4. The van der Waals surface area contributed by atoms with Crippen molar-refractivity contribution >= 4 is 46.2 Å². The van der Waals surface area contributed by atoms with Crippen molar-refractivity contribution < 1.29 is 4.79 Å². The van der Waals surface area contributed by atoms with Crippen LogP contribution in [-0.2, 0) is 4.79 Å². The Labute approximate surface area is 147 Å². The van der Waals surface area contributed by atoms with E-state index in [2.05, 4.69) is 15.6 Å². The van der Waals surface area contributed by atoms with Crippen molar-refractivity contribution in [1.82, 2.24) is 4.98 Å². The number of nitrogens with zero attached hydrogens (tertiary/aromatic N) is 1. The maximum Gasteiger partial charge on any atom is 0.241 e. The number of amides is 1. The van der Waals surface area contributed by atoms with E-state index in [1.807, 2.05) is 50.4 Å². The molecule has 0 fully saturated rings. The number of nitrogens with two attached hydrogens (primary N) is 1. The molecule has 1 aromatic carbocycles. The van der Waals surface area contributed by atoms with Crippen LogP contribution in [0.5, 0.6) is 0 Å².